The Kier molecular flexibility index (Phi) is 5.53. The van der Waals surface area contributed by atoms with Crippen molar-refractivity contribution in [3.63, 3.8) is 0 Å². The van der Waals surface area contributed by atoms with Crippen molar-refractivity contribution in [1.29, 1.82) is 0 Å². The van der Waals surface area contributed by atoms with Gasteiger partial charge >= 0.3 is 5.97 Å². The molecule has 0 saturated carbocycles. The number of aliphatic hydroxyl groups excluding tert-OH is 1. The molecule has 0 radical (unpaired) electrons. The van der Waals surface area contributed by atoms with Gasteiger partial charge in [-0.25, -0.2) is 9.18 Å². The van der Waals surface area contributed by atoms with Crippen LogP contribution >= 0.6 is 11.6 Å². The van der Waals surface area contributed by atoms with Gasteiger partial charge < -0.3 is 20.3 Å². The molecule has 0 saturated heterocycles. The number of aliphatic carboxylic acids is 1. The van der Waals surface area contributed by atoms with Gasteiger partial charge in [0.05, 0.1) is 11.6 Å². The molecule has 6 nitrogen and oxygen atoms in total. The van der Waals surface area contributed by atoms with Crippen molar-refractivity contribution < 1.29 is 28.9 Å². The maximum absolute atomic E-state index is 12.7. The average Bonchev–Trinajstić information content (AvgIpc) is 2.34. The normalized spacial score (nSPS) is 11.7. The van der Waals surface area contributed by atoms with E-state index in [1.54, 1.807) is 0 Å². The minimum Gasteiger partial charge on any atom is -0.482 e. The highest BCUT2D eigenvalue weighted by Crippen LogP contribution is 2.24. The quantitative estimate of drug-likeness (QED) is 0.706. The average molecular weight is 292 g/mol. The molecule has 8 heteroatoms. The number of carbonyl (C=O) groups is 2. The van der Waals surface area contributed by atoms with E-state index in [2.05, 4.69) is 5.32 Å². The Hall–Kier alpha value is -1.86. The number of benzene rings is 1. The smallest absolute Gasteiger partial charge is 0.334 e. The van der Waals surface area contributed by atoms with Crippen LogP contribution in [0.2, 0.25) is 5.02 Å². The van der Waals surface area contributed by atoms with Crippen molar-refractivity contribution in [2.24, 2.45) is 0 Å². The summed E-state index contributed by atoms with van der Waals surface area (Å²) in [5.74, 6) is -2.49. The topological polar surface area (TPSA) is 95.9 Å². The number of halogens is 2. The molecule has 19 heavy (non-hydrogen) atoms. The first kappa shape index (κ1) is 15.2. The van der Waals surface area contributed by atoms with Crippen LogP contribution in [-0.2, 0) is 9.59 Å². The van der Waals surface area contributed by atoms with Gasteiger partial charge in [0.2, 0.25) is 0 Å². The standard InChI is InChI=1S/C11H11ClFNO5/c12-7-3-6(13)1-2-9(7)19-5-10(16)14-4-8(15)11(17)18/h1-3,8,15H,4-5H2,(H,14,16)(H,17,18)/t8-/m0/s1. The van der Waals surface area contributed by atoms with Crippen molar-refractivity contribution in [3.05, 3.63) is 29.0 Å². The van der Waals surface area contributed by atoms with Gasteiger partial charge in [0.1, 0.15) is 11.6 Å². The lowest BCUT2D eigenvalue weighted by atomic mass is 10.3. The SMILES string of the molecule is O=C(COc1ccc(F)cc1Cl)NC[C@H](O)C(=O)O. The summed E-state index contributed by atoms with van der Waals surface area (Å²) >= 11 is 5.67. The van der Waals surface area contributed by atoms with Gasteiger partial charge in [0, 0.05) is 0 Å². The summed E-state index contributed by atoms with van der Waals surface area (Å²) in [6.45, 7) is -0.869. The summed E-state index contributed by atoms with van der Waals surface area (Å²) in [5, 5.41) is 19.5. The van der Waals surface area contributed by atoms with Crippen LogP contribution in [0.25, 0.3) is 0 Å². The van der Waals surface area contributed by atoms with E-state index in [0.717, 1.165) is 12.1 Å². The molecule has 0 aliphatic rings. The summed E-state index contributed by atoms with van der Waals surface area (Å²) < 4.78 is 17.7. The number of carboxylic acid groups (broad SMARTS) is 1. The molecule has 0 aliphatic carbocycles. The number of carboxylic acids is 1. The number of rotatable bonds is 6. The highest BCUT2D eigenvalue weighted by atomic mass is 35.5. The fraction of sp³-hybridized carbons (Fsp3) is 0.273. The third kappa shape index (κ3) is 5.11. The van der Waals surface area contributed by atoms with Gasteiger partial charge in [-0.2, -0.15) is 0 Å². The Morgan fingerprint density at radius 3 is 2.74 bits per heavy atom. The summed E-state index contributed by atoms with van der Waals surface area (Å²) in [6.07, 6.45) is -1.68. The van der Waals surface area contributed by atoms with Crippen LogP contribution in [0.5, 0.6) is 5.75 Å². The number of amides is 1. The first-order chi connectivity index (χ1) is 8.90. The zero-order chi connectivity index (χ0) is 14.4. The van der Waals surface area contributed by atoms with Crippen LogP contribution in [0.1, 0.15) is 0 Å². The Morgan fingerprint density at radius 2 is 2.16 bits per heavy atom. The molecule has 104 valence electrons. The van der Waals surface area contributed by atoms with Crippen LogP contribution < -0.4 is 10.1 Å². The number of hydrogen-bond acceptors (Lipinski definition) is 4. The van der Waals surface area contributed by atoms with Crippen LogP contribution in [0.4, 0.5) is 4.39 Å². The van der Waals surface area contributed by atoms with E-state index < -0.39 is 36.9 Å². The minimum atomic E-state index is -1.68. The van der Waals surface area contributed by atoms with E-state index in [-0.39, 0.29) is 10.8 Å². The number of ether oxygens (including phenoxy) is 1. The number of nitrogens with one attached hydrogen (secondary N) is 1. The Bertz CT molecular complexity index is 482. The molecule has 1 amide bonds. The molecule has 0 aliphatic heterocycles. The molecule has 0 spiro atoms. The monoisotopic (exact) mass is 291 g/mol. The van der Waals surface area contributed by atoms with E-state index >= 15 is 0 Å². The second kappa shape index (κ2) is 6.91. The fourth-order valence-corrected chi connectivity index (χ4v) is 1.31. The number of carbonyl (C=O) groups excluding carboxylic acids is 1. The second-order valence-corrected chi connectivity index (χ2v) is 3.93. The van der Waals surface area contributed by atoms with Crippen LogP contribution in [-0.4, -0.2) is 41.3 Å². The van der Waals surface area contributed by atoms with Crippen molar-refractivity contribution in [1.82, 2.24) is 5.32 Å². The van der Waals surface area contributed by atoms with E-state index in [0.29, 0.717) is 0 Å². The van der Waals surface area contributed by atoms with Crippen molar-refractivity contribution in [3.8, 4) is 5.75 Å². The van der Waals surface area contributed by atoms with E-state index in [1.807, 2.05) is 0 Å². The maximum atomic E-state index is 12.7. The van der Waals surface area contributed by atoms with Gasteiger partial charge in [-0.3, -0.25) is 4.79 Å². The van der Waals surface area contributed by atoms with Gasteiger partial charge in [-0.05, 0) is 18.2 Å². The highest BCUT2D eigenvalue weighted by molar-refractivity contribution is 6.32. The molecule has 0 heterocycles. The molecule has 1 atom stereocenters. The first-order valence-corrected chi connectivity index (χ1v) is 5.53. The first-order valence-electron chi connectivity index (χ1n) is 5.15. The van der Waals surface area contributed by atoms with Crippen molar-refractivity contribution in [2.45, 2.75) is 6.10 Å². The molecular weight excluding hydrogens is 281 g/mol. The van der Waals surface area contributed by atoms with Gasteiger partial charge in [-0.15, -0.1) is 0 Å². The van der Waals surface area contributed by atoms with Gasteiger partial charge in [0.15, 0.2) is 12.7 Å². The minimum absolute atomic E-state index is 0.0124. The number of aliphatic hydroxyl groups is 1. The Labute approximate surface area is 112 Å². The van der Waals surface area contributed by atoms with E-state index in [9.17, 15) is 14.0 Å². The molecular formula is C11H11ClFNO5. The fourth-order valence-electron chi connectivity index (χ4n) is 1.08. The largest absolute Gasteiger partial charge is 0.482 e. The lowest BCUT2D eigenvalue weighted by Gasteiger charge is -2.10. The summed E-state index contributed by atoms with van der Waals surface area (Å²) in [7, 11) is 0. The molecule has 1 aromatic rings. The molecule has 1 aromatic carbocycles. The summed E-state index contributed by atoms with van der Waals surface area (Å²) in [4.78, 5) is 21.5. The molecule has 0 unspecified atom stereocenters. The van der Waals surface area contributed by atoms with Crippen LogP contribution in [0.3, 0.4) is 0 Å². The van der Waals surface area contributed by atoms with Crippen molar-refractivity contribution in [2.75, 3.05) is 13.2 Å². The second-order valence-electron chi connectivity index (χ2n) is 3.52. The van der Waals surface area contributed by atoms with E-state index in [1.165, 1.54) is 6.07 Å². The predicted octanol–water partition coefficient (Wildman–Crippen LogP) is 0.420. The lowest BCUT2D eigenvalue weighted by Crippen LogP contribution is -2.38. The lowest BCUT2D eigenvalue weighted by molar-refractivity contribution is -0.146. The third-order valence-corrected chi connectivity index (χ3v) is 2.33. The number of hydrogen-bond donors (Lipinski definition) is 3. The summed E-state index contributed by atoms with van der Waals surface area (Å²) in [6, 6.07) is 3.41. The van der Waals surface area contributed by atoms with E-state index in [4.69, 9.17) is 26.6 Å². The van der Waals surface area contributed by atoms with Gasteiger partial charge in [0.25, 0.3) is 5.91 Å². The Balaban J connectivity index is 2.40. The molecule has 0 fully saturated rings. The predicted molar refractivity (Wildman–Crippen MR) is 63.6 cm³/mol. The molecule has 3 N–H and O–H groups in total. The molecule has 0 aromatic heterocycles. The van der Waals surface area contributed by atoms with Crippen LogP contribution in [0.15, 0.2) is 18.2 Å². The molecule has 1 rings (SSSR count). The maximum Gasteiger partial charge on any atom is 0.334 e. The highest BCUT2D eigenvalue weighted by Gasteiger charge is 2.14. The summed E-state index contributed by atoms with van der Waals surface area (Å²) in [5.41, 5.74) is 0. The van der Waals surface area contributed by atoms with Crippen molar-refractivity contribution >= 4 is 23.5 Å². The van der Waals surface area contributed by atoms with Gasteiger partial charge in [-0.1, -0.05) is 11.6 Å². The molecule has 0 bridgehead atoms. The zero-order valence-electron chi connectivity index (χ0n) is 9.60. The zero-order valence-corrected chi connectivity index (χ0v) is 10.4. The third-order valence-electron chi connectivity index (χ3n) is 2.03. The Morgan fingerprint density at radius 1 is 1.47 bits per heavy atom. The van der Waals surface area contributed by atoms with Crippen LogP contribution in [0, 0.1) is 5.82 Å².